The van der Waals surface area contributed by atoms with Crippen molar-refractivity contribution in [1.82, 2.24) is 5.32 Å². The van der Waals surface area contributed by atoms with Gasteiger partial charge in [-0.3, -0.25) is 0 Å². The van der Waals surface area contributed by atoms with Crippen LogP contribution in [0.4, 0.5) is 0 Å². The Bertz CT molecular complexity index is 348. The van der Waals surface area contributed by atoms with Crippen LogP contribution < -0.4 is 5.32 Å². The molecule has 1 rings (SSSR count). The standard InChI is InChI=1S/C19H33NO/c1-3-4-5-6-7-8-9-13-16-20-17-19(2,21)18-14-11-10-12-15-18/h10-12,14-15,20-21H,3-9,13,16-17H2,1-2H3. The highest BCUT2D eigenvalue weighted by atomic mass is 16.3. The summed E-state index contributed by atoms with van der Waals surface area (Å²) in [6.45, 7) is 5.75. The summed E-state index contributed by atoms with van der Waals surface area (Å²) in [4.78, 5) is 0. The van der Waals surface area contributed by atoms with Gasteiger partial charge in [0.1, 0.15) is 0 Å². The number of rotatable bonds is 12. The molecule has 0 aliphatic heterocycles. The summed E-state index contributed by atoms with van der Waals surface area (Å²) in [7, 11) is 0. The summed E-state index contributed by atoms with van der Waals surface area (Å²) >= 11 is 0. The molecular weight excluding hydrogens is 258 g/mol. The van der Waals surface area contributed by atoms with Crippen LogP contribution in [0.3, 0.4) is 0 Å². The smallest absolute Gasteiger partial charge is 0.0992 e. The van der Waals surface area contributed by atoms with Crippen molar-refractivity contribution >= 4 is 0 Å². The van der Waals surface area contributed by atoms with Crippen LogP contribution in [0.15, 0.2) is 30.3 Å². The predicted octanol–water partition coefficient (Wildman–Crippen LogP) is 4.62. The molecule has 1 atom stereocenters. The molecule has 0 aromatic heterocycles. The normalized spacial score (nSPS) is 14.0. The zero-order valence-corrected chi connectivity index (χ0v) is 13.9. The number of unbranched alkanes of at least 4 members (excludes halogenated alkanes) is 7. The Balaban J connectivity index is 2.01. The van der Waals surface area contributed by atoms with E-state index in [9.17, 15) is 5.11 Å². The van der Waals surface area contributed by atoms with Crippen molar-refractivity contribution in [3.8, 4) is 0 Å². The molecule has 2 N–H and O–H groups in total. The molecule has 1 unspecified atom stereocenters. The lowest BCUT2D eigenvalue weighted by molar-refractivity contribution is 0.0571. The minimum atomic E-state index is -0.776. The van der Waals surface area contributed by atoms with Crippen LogP contribution in [0.2, 0.25) is 0 Å². The van der Waals surface area contributed by atoms with Gasteiger partial charge in [0.15, 0.2) is 0 Å². The Kier molecular flexibility index (Phi) is 9.36. The molecule has 0 spiro atoms. The van der Waals surface area contributed by atoms with Gasteiger partial charge in [0, 0.05) is 6.54 Å². The molecule has 0 fully saturated rings. The van der Waals surface area contributed by atoms with Gasteiger partial charge in [-0.2, -0.15) is 0 Å². The van der Waals surface area contributed by atoms with Crippen molar-refractivity contribution in [2.24, 2.45) is 0 Å². The van der Waals surface area contributed by atoms with E-state index in [0.717, 1.165) is 12.1 Å². The molecule has 0 bridgehead atoms. The van der Waals surface area contributed by atoms with E-state index in [2.05, 4.69) is 12.2 Å². The summed E-state index contributed by atoms with van der Waals surface area (Å²) in [6.07, 6.45) is 10.7. The molecule has 0 amide bonds. The van der Waals surface area contributed by atoms with Crippen molar-refractivity contribution in [2.75, 3.05) is 13.1 Å². The first kappa shape index (κ1) is 18.2. The molecule has 0 radical (unpaired) electrons. The number of benzene rings is 1. The van der Waals surface area contributed by atoms with Gasteiger partial charge in [0.05, 0.1) is 5.60 Å². The van der Waals surface area contributed by atoms with Gasteiger partial charge < -0.3 is 10.4 Å². The van der Waals surface area contributed by atoms with Crippen LogP contribution in [0.5, 0.6) is 0 Å². The molecule has 1 aromatic carbocycles. The van der Waals surface area contributed by atoms with Crippen LogP contribution in [0, 0.1) is 0 Å². The minimum Gasteiger partial charge on any atom is -0.384 e. The summed E-state index contributed by atoms with van der Waals surface area (Å²) in [5, 5.41) is 13.8. The number of hydrogen-bond acceptors (Lipinski definition) is 2. The van der Waals surface area contributed by atoms with Crippen LogP contribution >= 0.6 is 0 Å². The number of hydrogen-bond donors (Lipinski definition) is 2. The fraction of sp³-hybridized carbons (Fsp3) is 0.684. The first-order chi connectivity index (χ1) is 10.2. The van der Waals surface area contributed by atoms with E-state index in [-0.39, 0.29) is 0 Å². The maximum Gasteiger partial charge on any atom is 0.0992 e. The predicted molar refractivity (Wildman–Crippen MR) is 91.5 cm³/mol. The van der Waals surface area contributed by atoms with E-state index >= 15 is 0 Å². The van der Waals surface area contributed by atoms with E-state index in [4.69, 9.17) is 0 Å². The quantitative estimate of drug-likeness (QED) is 0.551. The SMILES string of the molecule is CCCCCCCCCCNCC(C)(O)c1ccccc1. The zero-order chi connectivity index (χ0) is 15.4. The average molecular weight is 291 g/mol. The van der Waals surface area contributed by atoms with Crippen molar-refractivity contribution in [2.45, 2.75) is 70.8 Å². The molecular formula is C19H33NO. The molecule has 2 nitrogen and oxygen atoms in total. The summed E-state index contributed by atoms with van der Waals surface area (Å²) < 4.78 is 0. The summed E-state index contributed by atoms with van der Waals surface area (Å²) in [5.74, 6) is 0. The molecule has 2 heteroatoms. The van der Waals surface area contributed by atoms with Crippen LogP contribution in [-0.2, 0) is 5.60 Å². The maximum atomic E-state index is 10.4. The second-order valence-corrected chi connectivity index (χ2v) is 6.29. The second-order valence-electron chi connectivity index (χ2n) is 6.29. The molecule has 0 aliphatic rings. The van der Waals surface area contributed by atoms with Crippen molar-refractivity contribution < 1.29 is 5.11 Å². The van der Waals surface area contributed by atoms with Crippen LogP contribution in [0.1, 0.15) is 70.8 Å². The second kappa shape index (κ2) is 10.8. The topological polar surface area (TPSA) is 32.3 Å². The Morgan fingerprint density at radius 3 is 2.10 bits per heavy atom. The average Bonchev–Trinajstić information content (AvgIpc) is 2.50. The third-order valence-electron chi connectivity index (χ3n) is 4.07. The molecule has 21 heavy (non-hydrogen) atoms. The highest BCUT2D eigenvalue weighted by molar-refractivity contribution is 5.21. The van der Waals surface area contributed by atoms with E-state index in [1.54, 1.807) is 0 Å². The van der Waals surface area contributed by atoms with Gasteiger partial charge in [-0.25, -0.2) is 0 Å². The Labute approximate surface area is 131 Å². The number of nitrogens with one attached hydrogen (secondary N) is 1. The van der Waals surface area contributed by atoms with Gasteiger partial charge in [-0.1, -0.05) is 82.2 Å². The van der Waals surface area contributed by atoms with E-state index in [0.29, 0.717) is 6.54 Å². The molecule has 1 aromatic rings. The lowest BCUT2D eigenvalue weighted by Gasteiger charge is -2.24. The van der Waals surface area contributed by atoms with Gasteiger partial charge >= 0.3 is 0 Å². The summed E-state index contributed by atoms with van der Waals surface area (Å²) in [6, 6.07) is 9.90. The van der Waals surface area contributed by atoms with Crippen LogP contribution in [-0.4, -0.2) is 18.2 Å². The first-order valence-electron chi connectivity index (χ1n) is 8.65. The highest BCUT2D eigenvalue weighted by Crippen LogP contribution is 2.18. The fourth-order valence-corrected chi connectivity index (χ4v) is 2.61. The summed E-state index contributed by atoms with van der Waals surface area (Å²) in [5.41, 5.74) is 0.204. The van der Waals surface area contributed by atoms with E-state index in [1.165, 1.54) is 51.4 Å². The third-order valence-corrected chi connectivity index (χ3v) is 4.07. The van der Waals surface area contributed by atoms with E-state index < -0.39 is 5.60 Å². The number of aliphatic hydroxyl groups is 1. The molecule has 0 saturated carbocycles. The third kappa shape index (κ3) is 8.23. The van der Waals surface area contributed by atoms with Gasteiger partial charge in [-0.05, 0) is 25.5 Å². The molecule has 0 aliphatic carbocycles. The Morgan fingerprint density at radius 1 is 0.905 bits per heavy atom. The van der Waals surface area contributed by atoms with Gasteiger partial charge in [0.2, 0.25) is 0 Å². The largest absolute Gasteiger partial charge is 0.384 e. The monoisotopic (exact) mass is 291 g/mol. The lowest BCUT2D eigenvalue weighted by atomic mass is 9.96. The van der Waals surface area contributed by atoms with Gasteiger partial charge in [-0.15, -0.1) is 0 Å². The highest BCUT2D eigenvalue weighted by Gasteiger charge is 2.21. The zero-order valence-electron chi connectivity index (χ0n) is 13.9. The van der Waals surface area contributed by atoms with Crippen molar-refractivity contribution in [3.63, 3.8) is 0 Å². The van der Waals surface area contributed by atoms with E-state index in [1.807, 2.05) is 37.3 Å². The van der Waals surface area contributed by atoms with Crippen molar-refractivity contribution in [1.29, 1.82) is 0 Å². The fourth-order valence-electron chi connectivity index (χ4n) is 2.61. The molecule has 120 valence electrons. The van der Waals surface area contributed by atoms with Crippen molar-refractivity contribution in [3.05, 3.63) is 35.9 Å². The maximum absolute atomic E-state index is 10.4. The molecule has 0 heterocycles. The Hall–Kier alpha value is -0.860. The van der Waals surface area contributed by atoms with Crippen LogP contribution in [0.25, 0.3) is 0 Å². The minimum absolute atomic E-state index is 0.619. The lowest BCUT2D eigenvalue weighted by Crippen LogP contribution is -2.35. The van der Waals surface area contributed by atoms with Gasteiger partial charge in [0.25, 0.3) is 0 Å². The molecule has 0 saturated heterocycles. The Morgan fingerprint density at radius 2 is 1.48 bits per heavy atom. The first-order valence-corrected chi connectivity index (χ1v) is 8.65.